The molecular weight excluding hydrogens is 422 g/mol. The summed E-state index contributed by atoms with van der Waals surface area (Å²) in [7, 11) is 4.33. The highest BCUT2D eigenvalue weighted by Gasteiger charge is 2.43. The third kappa shape index (κ3) is 4.05. The van der Waals surface area contributed by atoms with Gasteiger partial charge in [-0.25, -0.2) is 0 Å². The zero-order valence-corrected chi connectivity index (χ0v) is 20.4. The van der Waals surface area contributed by atoms with Crippen LogP contribution in [0.4, 0.5) is 0 Å². The van der Waals surface area contributed by atoms with E-state index in [1.54, 1.807) is 0 Å². The summed E-state index contributed by atoms with van der Waals surface area (Å²) in [6.07, 6.45) is 7.03. The molecule has 180 valence electrons. The van der Waals surface area contributed by atoms with Gasteiger partial charge in [0.2, 0.25) is 5.91 Å². The summed E-state index contributed by atoms with van der Waals surface area (Å²) < 4.78 is 0. The Balaban J connectivity index is 1.26. The van der Waals surface area contributed by atoms with Gasteiger partial charge in [-0.1, -0.05) is 48.5 Å². The van der Waals surface area contributed by atoms with Crippen LogP contribution in [0.25, 0.3) is 10.9 Å². The van der Waals surface area contributed by atoms with Crippen molar-refractivity contribution in [3.63, 3.8) is 0 Å². The van der Waals surface area contributed by atoms with Crippen LogP contribution in [0.15, 0.2) is 60.8 Å². The number of fused-ring (bicyclic) bond motifs is 1. The summed E-state index contributed by atoms with van der Waals surface area (Å²) in [4.78, 5) is 21.3. The van der Waals surface area contributed by atoms with E-state index in [1.807, 2.05) is 11.0 Å². The Morgan fingerprint density at radius 1 is 1.09 bits per heavy atom. The summed E-state index contributed by atoms with van der Waals surface area (Å²) >= 11 is 0. The third-order valence-electron chi connectivity index (χ3n) is 8.67. The molecule has 0 spiro atoms. The van der Waals surface area contributed by atoms with Crippen LogP contribution in [0, 0.1) is 11.8 Å². The topological polar surface area (TPSA) is 59.6 Å². The number of aliphatic hydroxyl groups excluding tert-OH is 1. The number of rotatable bonds is 6. The highest BCUT2D eigenvalue weighted by atomic mass is 16.3. The van der Waals surface area contributed by atoms with Gasteiger partial charge in [-0.2, -0.15) is 0 Å². The van der Waals surface area contributed by atoms with Crippen LogP contribution in [-0.4, -0.2) is 59.6 Å². The fraction of sp³-hybridized carbons (Fsp3) is 0.483. The molecule has 3 aromatic rings. The van der Waals surface area contributed by atoms with E-state index in [0.717, 1.165) is 50.7 Å². The molecule has 1 amide bonds. The molecule has 2 atom stereocenters. The lowest BCUT2D eigenvalue weighted by Gasteiger charge is -2.47. The van der Waals surface area contributed by atoms with Crippen molar-refractivity contribution < 1.29 is 9.90 Å². The molecule has 5 rings (SSSR count). The lowest BCUT2D eigenvalue weighted by atomic mass is 9.68. The lowest BCUT2D eigenvalue weighted by molar-refractivity contribution is -0.139. The van der Waals surface area contributed by atoms with Gasteiger partial charge in [0.05, 0.1) is 12.5 Å². The molecule has 2 unspecified atom stereocenters. The zero-order valence-electron chi connectivity index (χ0n) is 20.4. The Hall–Kier alpha value is -2.63. The average molecular weight is 460 g/mol. The first-order chi connectivity index (χ1) is 16.5. The molecule has 1 aliphatic carbocycles. The molecule has 1 aliphatic heterocycles. The van der Waals surface area contributed by atoms with E-state index in [1.165, 1.54) is 16.5 Å². The van der Waals surface area contributed by atoms with Gasteiger partial charge in [-0.05, 0) is 69.3 Å². The summed E-state index contributed by atoms with van der Waals surface area (Å²) in [6.45, 7) is 1.46. The molecule has 2 aliphatic rings. The Labute approximate surface area is 202 Å². The molecule has 0 radical (unpaired) electrons. The Morgan fingerprint density at radius 3 is 2.50 bits per heavy atom. The molecule has 5 heteroatoms. The first-order valence-corrected chi connectivity index (χ1v) is 12.7. The van der Waals surface area contributed by atoms with Gasteiger partial charge < -0.3 is 15.0 Å². The van der Waals surface area contributed by atoms with Gasteiger partial charge in [-0.3, -0.25) is 9.69 Å². The largest absolute Gasteiger partial charge is 0.396 e. The van der Waals surface area contributed by atoms with Gasteiger partial charge in [0.1, 0.15) is 0 Å². The van der Waals surface area contributed by atoms with E-state index in [0.29, 0.717) is 5.92 Å². The van der Waals surface area contributed by atoms with E-state index < -0.39 is 0 Å². The van der Waals surface area contributed by atoms with Crippen molar-refractivity contribution in [3.05, 3.63) is 71.9 Å². The van der Waals surface area contributed by atoms with Gasteiger partial charge >= 0.3 is 0 Å². The summed E-state index contributed by atoms with van der Waals surface area (Å²) in [5, 5.41) is 11.6. The van der Waals surface area contributed by atoms with E-state index >= 15 is 0 Å². The number of likely N-dealkylation sites (tertiary alicyclic amines) is 1. The highest BCUT2D eigenvalue weighted by molar-refractivity contribution is 5.84. The number of carbonyl (C=O) groups is 1. The quantitative estimate of drug-likeness (QED) is 0.560. The molecule has 2 N–H and O–H groups in total. The van der Waals surface area contributed by atoms with Gasteiger partial charge in [-0.15, -0.1) is 0 Å². The fourth-order valence-corrected chi connectivity index (χ4v) is 6.57. The van der Waals surface area contributed by atoms with Crippen molar-refractivity contribution in [2.75, 3.05) is 33.8 Å². The summed E-state index contributed by atoms with van der Waals surface area (Å²) in [6, 6.07) is 19.1. The SMILES string of the molecule is CN(C)C1(c2ccccc2)CCC(C(CO)C(=O)N2CCC(c3c[nH]c4ccccc34)C2)CC1. The number of aliphatic hydroxyl groups is 1. The normalized spacial score (nSPS) is 26.3. The number of hydrogen-bond donors (Lipinski definition) is 2. The molecule has 1 aromatic heterocycles. The number of H-pyrrole nitrogens is 1. The third-order valence-corrected chi connectivity index (χ3v) is 8.67. The number of nitrogens with zero attached hydrogens (tertiary/aromatic N) is 2. The van der Waals surface area contributed by atoms with Crippen molar-refractivity contribution in [2.24, 2.45) is 11.8 Å². The van der Waals surface area contributed by atoms with Crippen molar-refractivity contribution in [3.8, 4) is 0 Å². The minimum absolute atomic E-state index is 0.00882. The van der Waals surface area contributed by atoms with Crippen molar-refractivity contribution in [2.45, 2.75) is 43.6 Å². The second kappa shape index (κ2) is 9.55. The smallest absolute Gasteiger partial charge is 0.228 e. The molecule has 1 saturated carbocycles. The van der Waals surface area contributed by atoms with Crippen LogP contribution in [0.1, 0.15) is 49.1 Å². The predicted octanol–water partition coefficient (Wildman–Crippen LogP) is 4.74. The van der Waals surface area contributed by atoms with Gasteiger partial charge in [0, 0.05) is 41.6 Å². The van der Waals surface area contributed by atoms with Crippen molar-refractivity contribution in [1.82, 2.24) is 14.8 Å². The fourth-order valence-electron chi connectivity index (χ4n) is 6.57. The van der Waals surface area contributed by atoms with Crippen LogP contribution < -0.4 is 0 Å². The second-order valence-corrected chi connectivity index (χ2v) is 10.5. The van der Waals surface area contributed by atoms with E-state index in [4.69, 9.17) is 0 Å². The van der Waals surface area contributed by atoms with Crippen molar-refractivity contribution >= 4 is 16.8 Å². The van der Waals surface area contributed by atoms with Crippen LogP contribution in [0.5, 0.6) is 0 Å². The first kappa shape index (κ1) is 23.1. The van der Waals surface area contributed by atoms with Crippen LogP contribution in [-0.2, 0) is 10.3 Å². The predicted molar refractivity (Wildman–Crippen MR) is 137 cm³/mol. The minimum Gasteiger partial charge on any atom is -0.396 e. The van der Waals surface area contributed by atoms with Gasteiger partial charge in [0.25, 0.3) is 0 Å². The Kier molecular flexibility index (Phi) is 6.50. The number of nitrogens with one attached hydrogen (secondary N) is 1. The monoisotopic (exact) mass is 459 g/mol. The Bertz CT molecular complexity index is 1110. The molecule has 5 nitrogen and oxygen atoms in total. The maximum atomic E-state index is 13.6. The van der Waals surface area contributed by atoms with Gasteiger partial charge in [0.15, 0.2) is 0 Å². The molecule has 2 fully saturated rings. The van der Waals surface area contributed by atoms with Crippen LogP contribution >= 0.6 is 0 Å². The molecule has 34 heavy (non-hydrogen) atoms. The number of amides is 1. The van der Waals surface area contributed by atoms with Crippen LogP contribution in [0.3, 0.4) is 0 Å². The van der Waals surface area contributed by atoms with E-state index in [2.05, 4.69) is 78.7 Å². The molecule has 2 aromatic carbocycles. The lowest BCUT2D eigenvalue weighted by Crippen LogP contribution is -2.47. The number of aromatic amines is 1. The average Bonchev–Trinajstić information content (AvgIpc) is 3.53. The number of benzene rings is 2. The summed E-state index contributed by atoms with van der Waals surface area (Å²) in [5.74, 6) is 0.441. The Morgan fingerprint density at radius 2 is 1.79 bits per heavy atom. The molecule has 1 saturated heterocycles. The molecule has 0 bridgehead atoms. The highest BCUT2D eigenvalue weighted by Crippen LogP contribution is 2.45. The van der Waals surface area contributed by atoms with E-state index in [9.17, 15) is 9.90 Å². The number of aromatic nitrogens is 1. The summed E-state index contributed by atoms with van der Waals surface area (Å²) in [5.41, 5.74) is 3.82. The standard InChI is InChI=1S/C29H37N3O2/c1-31(2)29(23-8-4-3-5-9-23)15-12-21(13-16-29)26(20-33)28(34)32-17-14-22(19-32)25-18-30-27-11-7-6-10-24(25)27/h3-11,18,21-22,26,30,33H,12-17,19-20H2,1-2H3. The first-order valence-electron chi connectivity index (χ1n) is 12.7. The number of hydrogen-bond acceptors (Lipinski definition) is 3. The maximum Gasteiger partial charge on any atom is 0.228 e. The second-order valence-electron chi connectivity index (χ2n) is 10.5. The maximum absolute atomic E-state index is 13.6. The van der Waals surface area contributed by atoms with E-state index in [-0.39, 0.29) is 29.9 Å². The number of carbonyl (C=O) groups excluding carboxylic acids is 1. The molecule has 2 heterocycles. The van der Waals surface area contributed by atoms with Crippen LogP contribution in [0.2, 0.25) is 0 Å². The minimum atomic E-state index is -0.294. The zero-order chi connectivity index (χ0) is 23.7. The number of para-hydroxylation sites is 1. The molecular formula is C29H37N3O2. The van der Waals surface area contributed by atoms with Crippen molar-refractivity contribution in [1.29, 1.82) is 0 Å².